The van der Waals surface area contributed by atoms with Crippen LogP contribution in [-0.2, 0) is 0 Å². The molecule has 0 heterocycles. The highest BCUT2D eigenvalue weighted by Crippen LogP contribution is 2.30. The summed E-state index contributed by atoms with van der Waals surface area (Å²) < 4.78 is 0. The smallest absolute Gasteiger partial charge is 0.0543 e. The highest BCUT2D eigenvalue weighted by molar-refractivity contribution is 5.24. The molecule has 0 saturated heterocycles. The van der Waals surface area contributed by atoms with E-state index in [0.717, 1.165) is 11.8 Å². The summed E-state index contributed by atoms with van der Waals surface area (Å²) in [6.45, 7) is 8.21. The Balaban J connectivity index is 2.53. The molecule has 1 aliphatic carbocycles. The van der Waals surface area contributed by atoms with Crippen LogP contribution in [0.4, 0.5) is 0 Å². The Bertz CT molecular complexity index is 110. The monoisotopic (exact) mass is 139 g/mol. The van der Waals surface area contributed by atoms with E-state index in [1.807, 2.05) is 0 Å². The van der Waals surface area contributed by atoms with Crippen LogP contribution >= 0.6 is 0 Å². The van der Waals surface area contributed by atoms with Gasteiger partial charge in [0.15, 0.2) is 0 Å². The van der Waals surface area contributed by atoms with Crippen molar-refractivity contribution in [2.24, 2.45) is 16.8 Å². The molecular formula is C9H17N. The van der Waals surface area contributed by atoms with Crippen molar-refractivity contribution < 1.29 is 0 Å². The summed E-state index contributed by atoms with van der Waals surface area (Å²) in [5, 5.41) is 0. The lowest BCUT2D eigenvalue weighted by atomic mass is 9.79. The molecule has 0 aliphatic heterocycles. The van der Waals surface area contributed by atoms with Gasteiger partial charge in [-0.15, -0.1) is 0 Å². The molecule has 1 heteroatoms. The number of hydrogen-bond donors (Lipinski definition) is 0. The first kappa shape index (κ1) is 7.77. The molecule has 2 atom stereocenters. The Morgan fingerprint density at radius 1 is 1.20 bits per heavy atom. The Morgan fingerprint density at radius 2 is 1.70 bits per heavy atom. The maximum atomic E-state index is 4.16. The highest BCUT2D eigenvalue weighted by Gasteiger charge is 2.25. The van der Waals surface area contributed by atoms with Crippen LogP contribution in [0.15, 0.2) is 4.99 Å². The van der Waals surface area contributed by atoms with Gasteiger partial charge in [-0.1, -0.05) is 20.3 Å². The predicted octanol–water partition coefficient (Wildman–Crippen LogP) is 2.51. The SMILES string of the molecule is C=NC1C(C)CCCC1C. The number of hydrogen-bond acceptors (Lipinski definition) is 1. The van der Waals surface area contributed by atoms with E-state index in [2.05, 4.69) is 25.6 Å². The Hall–Kier alpha value is -0.330. The highest BCUT2D eigenvalue weighted by atomic mass is 14.8. The van der Waals surface area contributed by atoms with Gasteiger partial charge in [0.1, 0.15) is 0 Å². The zero-order valence-electron chi connectivity index (χ0n) is 7.01. The van der Waals surface area contributed by atoms with Crippen LogP contribution < -0.4 is 0 Å². The minimum atomic E-state index is 0.536. The molecule has 58 valence electrons. The third-order valence-electron chi connectivity index (χ3n) is 2.70. The van der Waals surface area contributed by atoms with Crippen molar-refractivity contribution >= 4 is 6.72 Å². The largest absolute Gasteiger partial charge is 0.297 e. The molecule has 1 nitrogen and oxygen atoms in total. The van der Waals surface area contributed by atoms with E-state index in [1.54, 1.807) is 0 Å². The first-order chi connectivity index (χ1) is 4.75. The lowest BCUT2D eigenvalue weighted by molar-refractivity contribution is 0.254. The standard InChI is InChI=1S/C9H17N/c1-7-5-4-6-8(2)9(7)10-3/h7-9H,3-6H2,1-2H3. The van der Waals surface area contributed by atoms with Gasteiger partial charge < -0.3 is 0 Å². The van der Waals surface area contributed by atoms with Crippen molar-refractivity contribution in [2.45, 2.75) is 39.2 Å². The fraction of sp³-hybridized carbons (Fsp3) is 0.889. The number of rotatable bonds is 1. The van der Waals surface area contributed by atoms with Crippen molar-refractivity contribution in [1.82, 2.24) is 0 Å². The van der Waals surface area contributed by atoms with E-state index < -0.39 is 0 Å². The second-order valence-electron chi connectivity index (χ2n) is 3.56. The number of nitrogens with zero attached hydrogens (tertiary/aromatic N) is 1. The van der Waals surface area contributed by atoms with Crippen molar-refractivity contribution in [3.8, 4) is 0 Å². The molecule has 1 fully saturated rings. The average molecular weight is 139 g/mol. The molecule has 2 unspecified atom stereocenters. The molecule has 0 aromatic rings. The van der Waals surface area contributed by atoms with Gasteiger partial charge in [0.2, 0.25) is 0 Å². The van der Waals surface area contributed by atoms with Gasteiger partial charge in [0, 0.05) is 0 Å². The molecule has 1 aliphatic rings. The van der Waals surface area contributed by atoms with Crippen LogP contribution in [0.5, 0.6) is 0 Å². The zero-order chi connectivity index (χ0) is 7.56. The molecule has 0 spiro atoms. The number of aliphatic imine (C=N–C) groups is 1. The van der Waals surface area contributed by atoms with E-state index in [9.17, 15) is 0 Å². The zero-order valence-corrected chi connectivity index (χ0v) is 7.01. The summed E-state index contributed by atoms with van der Waals surface area (Å²) in [4.78, 5) is 4.16. The Kier molecular flexibility index (Phi) is 2.47. The summed E-state index contributed by atoms with van der Waals surface area (Å²) in [7, 11) is 0. The Morgan fingerprint density at radius 3 is 2.00 bits per heavy atom. The maximum absolute atomic E-state index is 4.16. The van der Waals surface area contributed by atoms with Crippen LogP contribution in [0.1, 0.15) is 33.1 Å². The van der Waals surface area contributed by atoms with E-state index in [-0.39, 0.29) is 0 Å². The topological polar surface area (TPSA) is 12.4 Å². The summed E-state index contributed by atoms with van der Waals surface area (Å²) in [6, 6.07) is 0.536. The normalized spacial score (nSPS) is 41.2. The fourth-order valence-corrected chi connectivity index (χ4v) is 2.02. The molecule has 0 bridgehead atoms. The van der Waals surface area contributed by atoms with Crippen molar-refractivity contribution in [3.63, 3.8) is 0 Å². The van der Waals surface area contributed by atoms with Crippen LogP contribution in [0.25, 0.3) is 0 Å². The lowest BCUT2D eigenvalue weighted by Crippen LogP contribution is -2.27. The van der Waals surface area contributed by atoms with Gasteiger partial charge in [-0.3, -0.25) is 4.99 Å². The van der Waals surface area contributed by atoms with Crippen molar-refractivity contribution in [2.75, 3.05) is 0 Å². The molecule has 0 amide bonds. The minimum absolute atomic E-state index is 0.536. The van der Waals surface area contributed by atoms with Crippen LogP contribution in [-0.4, -0.2) is 12.8 Å². The second-order valence-corrected chi connectivity index (χ2v) is 3.56. The van der Waals surface area contributed by atoms with Gasteiger partial charge in [-0.05, 0) is 31.4 Å². The van der Waals surface area contributed by atoms with Crippen molar-refractivity contribution in [3.05, 3.63) is 0 Å². The van der Waals surface area contributed by atoms with E-state index >= 15 is 0 Å². The van der Waals surface area contributed by atoms with Crippen LogP contribution in [0, 0.1) is 11.8 Å². The molecule has 0 aromatic heterocycles. The molecule has 1 rings (SSSR count). The van der Waals surface area contributed by atoms with Gasteiger partial charge >= 0.3 is 0 Å². The summed E-state index contributed by atoms with van der Waals surface area (Å²) in [5.41, 5.74) is 0. The molecule has 1 saturated carbocycles. The minimum Gasteiger partial charge on any atom is -0.297 e. The third kappa shape index (κ3) is 1.39. The van der Waals surface area contributed by atoms with Gasteiger partial charge in [0.25, 0.3) is 0 Å². The molecule has 0 N–H and O–H groups in total. The van der Waals surface area contributed by atoms with E-state index in [1.165, 1.54) is 19.3 Å². The van der Waals surface area contributed by atoms with Gasteiger partial charge in [-0.25, -0.2) is 0 Å². The summed E-state index contributed by atoms with van der Waals surface area (Å²) in [6.07, 6.45) is 4.07. The first-order valence-electron chi connectivity index (χ1n) is 4.21. The molecular weight excluding hydrogens is 122 g/mol. The Labute approximate surface area is 63.5 Å². The average Bonchev–Trinajstić information content (AvgIpc) is 1.88. The van der Waals surface area contributed by atoms with Crippen LogP contribution in [0.3, 0.4) is 0 Å². The quantitative estimate of drug-likeness (QED) is 0.495. The van der Waals surface area contributed by atoms with E-state index in [4.69, 9.17) is 0 Å². The van der Waals surface area contributed by atoms with Crippen molar-refractivity contribution in [1.29, 1.82) is 0 Å². The fourth-order valence-electron chi connectivity index (χ4n) is 2.02. The van der Waals surface area contributed by atoms with Crippen LogP contribution in [0.2, 0.25) is 0 Å². The third-order valence-corrected chi connectivity index (χ3v) is 2.70. The molecule has 0 aromatic carbocycles. The first-order valence-corrected chi connectivity index (χ1v) is 4.21. The summed E-state index contributed by atoms with van der Waals surface area (Å²) >= 11 is 0. The lowest BCUT2D eigenvalue weighted by Gasteiger charge is -2.30. The summed E-state index contributed by atoms with van der Waals surface area (Å²) in [5.74, 6) is 1.53. The second kappa shape index (κ2) is 3.18. The van der Waals surface area contributed by atoms with E-state index in [0.29, 0.717) is 6.04 Å². The van der Waals surface area contributed by atoms with Gasteiger partial charge in [0.05, 0.1) is 6.04 Å². The molecule has 0 radical (unpaired) electrons. The predicted molar refractivity (Wildman–Crippen MR) is 45.5 cm³/mol. The maximum Gasteiger partial charge on any atom is 0.0543 e. The molecule has 10 heavy (non-hydrogen) atoms. The van der Waals surface area contributed by atoms with Gasteiger partial charge in [-0.2, -0.15) is 0 Å².